The number of hydrogen-bond donors (Lipinski definition) is 2. The molecule has 0 aliphatic carbocycles. The van der Waals surface area contributed by atoms with Gasteiger partial charge in [0.1, 0.15) is 15.0 Å². The van der Waals surface area contributed by atoms with Crippen molar-refractivity contribution in [3.05, 3.63) is 194 Å². The van der Waals surface area contributed by atoms with E-state index in [4.69, 9.17) is 98.2 Å². The second-order valence-electron chi connectivity index (χ2n) is 41.3. The van der Waals surface area contributed by atoms with Crippen molar-refractivity contribution in [1.82, 2.24) is 59.4 Å². The van der Waals surface area contributed by atoms with Crippen LogP contribution in [0.25, 0.3) is 128 Å². The summed E-state index contributed by atoms with van der Waals surface area (Å²) in [5, 5.41) is 34.5. The van der Waals surface area contributed by atoms with Crippen LogP contribution in [0.1, 0.15) is 169 Å². The molecule has 0 unspecified atom stereocenters. The molecule has 2 N–H and O–H groups in total. The highest BCUT2D eigenvalue weighted by Gasteiger charge is 2.48. The van der Waals surface area contributed by atoms with Crippen LogP contribution in [0.2, 0.25) is 15.1 Å². The van der Waals surface area contributed by atoms with Gasteiger partial charge in [-0.2, -0.15) is 15.3 Å². The van der Waals surface area contributed by atoms with Crippen molar-refractivity contribution < 1.29 is 67.0 Å². The van der Waals surface area contributed by atoms with Gasteiger partial charge in [0.2, 0.25) is 0 Å². The summed E-state index contributed by atoms with van der Waals surface area (Å²) in [6.45, 7) is 42.6. The Hall–Kier alpha value is -12.1. The summed E-state index contributed by atoms with van der Waals surface area (Å²) in [5.74, 6) is -0.136. The normalized spacial score (nSPS) is 15.5. The Morgan fingerprint density at radius 3 is 1.00 bits per heavy atom. The first-order chi connectivity index (χ1) is 67.9. The number of nitrogens with one attached hydrogen (secondary N) is 1. The van der Waals surface area contributed by atoms with Gasteiger partial charge in [-0.15, -0.1) is 34.0 Å². The minimum atomic E-state index is -1.20. The van der Waals surface area contributed by atoms with Crippen molar-refractivity contribution in [2.45, 2.75) is 190 Å². The number of ether oxygens (including phenoxy) is 7. The van der Waals surface area contributed by atoms with Crippen molar-refractivity contribution in [2.75, 3.05) is 88.1 Å². The fourth-order valence-corrected chi connectivity index (χ4v) is 22.8. The van der Waals surface area contributed by atoms with Gasteiger partial charge in [-0.1, -0.05) is 71.2 Å². The van der Waals surface area contributed by atoms with Crippen molar-refractivity contribution in [1.29, 1.82) is 0 Å². The van der Waals surface area contributed by atoms with Gasteiger partial charge in [0, 0.05) is 130 Å². The van der Waals surface area contributed by atoms with E-state index in [1.807, 2.05) is 274 Å². The topological polar surface area (TPSA) is 308 Å². The first kappa shape index (κ1) is 105. The molecule has 0 bridgehead atoms. The summed E-state index contributed by atoms with van der Waals surface area (Å²) in [4.78, 5) is 104. The number of aliphatic carboxylic acids is 1. The zero-order valence-electron chi connectivity index (χ0n) is 85.8. The quantitative estimate of drug-likeness (QED) is 0.0476. The molecule has 9 heterocycles. The lowest BCUT2D eigenvalue weighted by Gasteiger charge is -2.29. The Balaban J connectivity index is 0.000000155. The Morgan fingerprint density at radius 1 is 0.431 bits per heavy atom. The zero-order valence-corrected chi connectivity index (χ0v) is 90.5. The van der Waals surface area contributed by atoms with Crippen LogP contribution >= 0.6 is 68.8 Å². The number of aromatic nitrogens is 9. The third-order valence-corrected chi connectivity index (χ3v) is 29.5. The zero-order chi connectivity index (χ0) is 104. The molecule has 756 valence electrons. The summed E-state index contributed by atoms with van der Waals surface area (Å²) in [5.41, 5.74) is 14.2. The van der Waals surface area contributed by atoms with E-state index >= 15 is 0 Å². The summed E-state index contributed by atoms with van der Waals surface area (Å²) in [6.07, 6.45) is -3.12. The van der Waals surface area contributed by atoms with Gasteiger partial charge >= 0.3 is 36.0 Å². The average Bonchev–Trinajstić information content (AvgIpc) is 1.58. The molecule has 18 rings (SSSR count). The van der Waals surface area contributed by atoms with Crippen molar-refractivity contribution in [2.24, 2.45) is 21.1 Å². The highest BCUT2D eigenvalue weighted by molar-refractivity contribution is 7.23. The molecule has 29 nitrogen and oxygen atoms in total. The lowest BCUT2D eigenvalue weighted by Crippen LogP contribution is -2.43. The number of nitrogens with zero attached hydrogens (tertiary/aromatic N) is 14. The molecule has 0 saturated carbocycles. The van der Waals surface area contributed by atoms with Gasteiger partial charge in [-0.05, 0) is 281 Å². The summed E-state index contributed by atoms with van der Waals surface area (Å²) in [7, 11) is 8.91. The predicted molar refractivity (Wildman–Crippen MR) is 576 cm³/mol. The summed E-state index contributed by atoms with van der Waals surface area (Å²) >= 11 is 23.5. The predicted octanol–water partition coefficient (Wildman–Crippen LogP) is 24.9. The van der Waals surface area contributed by atoms with E-state index < -0.39 is 64.1 Å². The number of esters is 2. The number of hydrogen-bond acceptors (Lipinski definition) is 22. The second kappa shape index (κ2) is 40.8. The van der Waals surface area contributed by atoms with E-state index in [0.29, 0.717) is 84.0 Å². The molecule has 15 aromatic rings. The molecule has 3 fully saturated rings. The summed E-state index contributed by atoms with van der Waals surface area (Å²) in [6, 6.07) is 46.4. The smallest absolute Gasteiger partial charge is 0.339 e. The number of rotatable bonds is 26. The number of amides is 6. The standard InChI is InChI=1S/C38H44ClN5O5S.C36H40ClN5O5S.C35H38ClN5O4S/c1-10-48-35(45)31(49-37(3,4)5)29-22(2)19-27-32(30(29)23-11-14-25(39)15-12-23)50-34(40-27)24-13-16-28-26(20-24)33(41-42(28)8)43-21-38(6,7)44(36(43)46)17-18-47-9;1-20-17-25-30(28(21-9-12-23(37)13-10-21)27(20)29(33(43)44)47-35(2,3)4)48-32(38-25)22-11-14-26-24(18-22)31(39-40(26)7)41-19-36(5,6)42(34(41)45)15-16-46-8;1-9-44-32(42)28(45-34(3,4)5)26-19(2)16-24-29(27(26)20-10-13-22(36)14-11-20)46-31(37-24)21-12-15-25-23(17-21)30(39-40(25)8)41-18-35(6,7)38-33(41)43/h11-16,19-20,31H,10,17-18,21H2,1-9H3;9-14,17-18,29H,15-16,19H2,1-8H3,(H,43,44);10-17,28H,9,18H2,1-8H3,(H,38,43)/t31-;29-;28-/m000/s1. The largest absolute Gasteiger partial charge is 0.479 e. The molecule has 3 saturated heterocycles. The van der Waals surface area contributed by atoms with E-state index in [1.165, 1.54) is 11.3 Å². The van der Waals surface area contributed by atoms with E-state index in [0.717, 1.165) is 156 Å². The molecule has 9 aromatic carbocycles. The van der Waals surface area contributed by atoms with Crippen LogP contribution in [0.15, 0.2) is 146 Å². The molecule has 35 heteroatoms. The Morgan fingerprint density at radius 2 is 0.722 bits per heavy atom. The molecule has 0 radical (unpaired) electrons. The van der Waals surface area contributed by atoms with E-state index in [1.54, 1.807) is 86.9 Å². The van der Waals surface area contributed by atoms with Crippen LogP contribution in [-0.2, 0) is 68.7 Å². The monoisotopic (exact) mass is 2070 g/mol. The van der Waals surface area contributed by atoms with E-state index in [-0.39, 0.29) is 36.8 Å². The summed E-state index contributed by atoms with van der Waals surface area (Å²) < 4.78 is 48.7. The number of urea groups is 3. The van der Waals surface area contributed by atoms with Gasteiger partial charge in [-0.3, -0.25) is 28.7 Å². The molecular formula is C109H122Cl3N15O14S3. The number of carbonyl (C=O) groups excluding carboxylic acids is 5. The number of fused-ring (bicyclic) bond motifs is 6. The van der Waals surface area contributed by atoms with Gasteiger partial charge < -0.3 is 53.4 Å². The fourth-order valence-electron chi connectivity index (χ4n) is 19.1. The number of anilines is 3. The highest BCUT2D eigenvalue weighted by Crippen LogP contribution is 2.52. The lowest BCUT2D eigenvalue weighted by molar-refractivity contribution is -0.167. The van der Waals surface area contributed by atoms with Crippen LogP contribution < -0.4 is 20.0 Å². The van der Waals surface area contributed by atoms with Crippen LogP contribution in [0.3, 0.4) is 0 Å². The molecule has 3 aliphatic heterocycles. The molecule has 3 atom stereocenters. The molecule has 144 heavy (non-hydrogen) atoms. The number of carbonyl (C=O) groups is 6. The minimum absolute atomic E-state index is 0.0957. The van der Waals surface area contributed by atoms with Crippen molar-refractivity contribution in [3.8, 4) is 65.1 Å². The third kappa shape index (κ3) is 21.4. The fraction of sp³-hybridized carbons (Fsp3) is 0.394. The number of halogens is 3. The molecule has 0 spiro atoms. The average molecular weight is 2070 g/mol. The molecule has 6 amide bonds. The lowest BCUT2D eigenvalue weighted by atomic mass is 9.91. The Bertz CT molecular complexity index is 7510. The van der Waals surface area contributed by atoms with Crippen molar-refractivity contribution in [3.63, 3.8) is 0 Å². The Labute approximate surface area is 864 Å². The van der Waals surface area contributed by atoms with Gasteiger partial charge in [-0.25, -0.2) is 43.7 Å². The number of thiazole rings is 3. The SMILES string of the molecule is CCOC(=O)[C@@H](OC(C)(C)C)c1c(C)cc2nc(-c3ccc4c(c3)c(N3CC(C)(C)N(CCOC)C3=O)nn4C)sc2c1-c1ccc(Cl)cc1.CCOC(=O)[C@@H](OC(C)(C)C)c1c(C)cc2nc(-c3ccc4c(c3)c(N3CC(C)(C)NC3=O)nn4C)sc2c1-c1ccc(Cl)cc1.COCCN1C(=O)N(c2nn(C)c3ccc(-c4nc5cc(C)c([C@H](OC(C)(C)C)C(=O)O)c(-c6ccc(Cl)cc6)c5s4)cc23)CC1(C)C. The van der Waals surface area contributed by atoms with Crippen LogP contribution in [0.4, 0.5) is 31.8 Å². The van der Waals surface area contributed by atoms with E-state index in [9.17, 15) is 33.9 Å². The number of carboxylic acids is 1. The van der Waals surface area contributed by atoms with Gasteiger partial charge in [0.05, 0.1) is 127 Å². The first-order valence-electron chi connectivity index (χ1n) is 47.7. The van der Waals surface area contributed by atoms with Crippen LogP contribution in [0.5, 0.6) is 0 Å². The Kier molecular flexibility index (Phi) is 29.7. The third-order valence-electron chi connectivity index (χ3n) is 25.4. The maximum atomic E-state index is 13.7. The van der Waals surface area contributed by atoms with E-state index in [2.05, 4.69) is 25.2 Å². The highest BCUT2D eigenvalue weighted by atomic mass is 35.5. The molecular weight excluding hydrogens is 1950 g/mol. The number of carboxylic acid groups (broad SMARTS) is 1. The maximum Gasteiger partial charge on any atom is 0.339 e. The number of aryl methyl sites for hydroxylation is 6. The van der Waals surface area contributed by atoms with Crippen LogP contribution in [0, 0.1) is 20.8 Å². The first-order valence-corrected chi connectivity index (χ1v) is 51.3. The molecule has 3 aliphatic rings. The molecule has 6 aromatic heterocycles. The maximum absolute atomic E-state index is 13.7. The number of methoxy groups -OCH3 is 2. The van der Waals surface area contributed by atoms with Gasteiger partial charge in [0.25, 0.3) is 0 Å². The van der Waals surface area contributed by atoms with Crippen molar-refractivity contribution >= 4 is 186 Å². The van der Waals surface area contributed by atoms with Gasteiger partial charge in [0.15, 0.2) is 35.8 Å². The number of benzene rings is 9. The van der Waals surface area contributed by atoms with Crippen LogP contribution in [-0.4, -0.2) is 202 Å². The second-order valence-corrected chi connectivity index (χ2v) is 45.6. The minimum Gasteiger partial charge on any atom is -0.479 e.